The molecule has 3 aromatic rings. The minimum atomic E-state index is -0.343. The number of rotatable bonds is 5. The number of ether oxygens (including phenoxy) is 1. The van der Waals surface area contributed by atoms with Crippen LogP contribution in [0.1, 0.15) is 24.0 Å². The standard InChI is InChI=1S/C19H14BrClN2O4/c20-13-9-12(21)5-6-16(13)27-11-19(24)23-15(18-4-2-8-26-18)10-14(22-23)17-3-1-7-25-17/h1-9,15H,10-11H2. The van der Waals surface area contributed by atoms with Crippen LogP contribution >= 0.6 is 27.5 Å². The molecule has 138 valence electrons. The largest absolute Gasteiger partial charge is 0.483 e. The van der Waals surface area contributed by atoms with Crippen LogP contribution < -0.4 is 4.74 Å². The van der Waals surface area contributed by atoms with Crippen LogP contribution in [0, 0.1) is 0 Å². The highest BCUT2D eigenvalue weighted by molar-refractivity contribution is 9.10. The van der Waals surface area contributed by atoms with Crippen LogP contribution in [-0.4, -0.2) is 23.2 Å². The lowest BCUT2D eigenvalue weighted by molar-refractivity contribution is -0.135. The van der Waals surface area contributed by atoms with Crippen LogP contribution in [-0.2, 0) is 4.79 Å². The van der Waals surface area contributed by atoms with Crippen LogP contribution in [0.25, 0.3) is 0 Å². The fourth-order valence-corrected chi connectivity index (χ4v) is 3.63. The van der Waals surface area contributed by atoms with E-state index < -0.39 is 0 Å². The number of carbonyl (C=O) groups is 1. The van der Waals surface area contributed by atoms with Gasteiger partial charge in [-0.15, -0.1) is 0 Å². The van der Waals surface area contributed by atoms with Gasteiger partial charge in [-0.2, -0.15) is 5.10 Å². The maximum absolute atomic E-state index is 12.8. The molecule has 0 fully saturated rings. The second kappa shape index (κ2) is 7.62. The summed E-state index contributed by atoms with van der Waals surface area (Å²) in [4.78, 5) is 12.8. The van der Waals surface area contributed by atoms with Crippen molar-refractivity contribution in [2.45, 2.75) is 12.5 Å². The van der Waals surface area contributed by atoms with Gasteiger partial charge in [0, 0.05) is 11.4 Å². The van der Waals surface area contributed by atoms with E-state index in [-0.39, 0.29) is 18.6 Å². The van der Waals surface area contributed by atoms with Gasteiger partial charge in [-0.1, -0.05) is 11.6 Å². The molecule has 6 nitrogen and oxygen atoms in total. The summed E-state index contributed by atoms with van der Waals surface area (Å²) in [6, 6.07) is 12.0. The molecule has 1 aliphatic rings. The molecule has 0 spiro atoms. The summed E-state index contributed by atoms with van der Waals surface area (Å²) in [7, 11) is 0. The molecule has 0 N–H and O–H groups in total. The third kappa shape index (κ3) is 3.79. The molecular formula is C19H14BrClN2O4. The number of benzene rings is 1. The Kier molecular flexibility index (Phi) is 5.05. The molecule has 8 heteroatoms. The van der Waals surface area contributed by atoms with Crippen molar-refractivity contribution in [1.82, 2.24) is 5.01 Å². The number of amides is 1. The van der Waals surface area contributed by atoms with Gasteiger partial charge >= 0.3 is 0 Å². The summed E-state index contributed by atoms with van der Waals surface area (Å²) >= 11 is 9.30. The molecule has 0 saturated heterocycles. The first-order chi connectivity index (χ1) is 13.1. The van der Waals surface area contributed by atoms with Gasteiger partial charge in [0.25, 0.3) is 5.91 Å². The molecule has 1 amide bonds. The zero-order chi connectivity index (χ0) is 18.8. The molecule has 0 saturated carbocycles. The molecule has 1 unspecified atom stereocenters. The minimum Gasteiger partial charge on any atom is -0.483 e. The van der Waals surface area contributed by atoms with Gasteiger partial charge < -0.3 is 13.6 Å². The van der Waals surface area contributed by atoms with Crippen LogP contribution in [0.15, 0.2) is 73.4 Å². The van der Waals surface area contributed by atoms with E-state index >= 15 is 0 Å². The van der Waals surface area contributed by atoms with E-state index in [2.05, 4.69) is 21.0 Å². The predicted molar refractivity (Wildman–Crippen MR) is 103 cm³/mol. The first-order valence-corrected chi connectivity index (χ1v) is 9.33. The second-order valence-electron chi connectivity index (χ2n) is 5.86. The number of nitrogens with zero attached hydrogens (tertiary/aromatic N) is 2. The van der Waals surface area contributed by atoms with Gasteiger partial charge in [-0.3, -0.25) is 4.79 Å². The fourth-order valence-electron chi connectivity index (χ4n) is 2.83. The zero-order valence-corrected chi connectivity index (χ0v) is 16.3. The van der Waals surface area contributed by atoms with Crippen molar-refractivity contribution < 1.29 is 18.4 Å². The van der Waals surface area contributed by atoms with Crippen molar-refractivity contribution >= 4 is 39.1 Å². The van der Waals surface area contributed by atoms with E-state index in [0.717, 1.165) is 0 Å². The molecule has 0 bridgehead atoms. The SMILES string of the molecule is O=C(COc1ccc(Cl)cc1Br)N1N=C(c2ccco2)CC1c1ccco1. The van der Waals surface area contributed by atoms with Crippen LogP contribution in [0.3, 0.4) is 0 Å². The summed E-state index contributed by atoms with van der Waals surface area (Å²) in [5.74, 6) is 1.51. The molecule has 4 rings (SSSR count). The number of halogens is 2. The number of hydrogen-bond donors (Lipinski definition) is 0. The highest BCUT2D eigenvalue weighted by atomic mass is 79.9. The zero-order valence-electron chi connectivity index (χ0n) is 14.0. The normalized spacial score (nSPS) is 16.4. The molecule has 3 heterocycles. The van der Waals surface area contributed by atoms with Crippen molar-refractivity contribution in [1.29, 1.82) is 0 Å². The van der Waals surface area contributed by atoms with E-state index in [9.17, 15) is 4.79 Å². The summed E-state index contributed by atoms with van der Waals surface area (Å²) in [5.41, 5.74) is 0.683. The first kappa shape index (κ1) is 17.9. The molecule has 27 heavy (non-hydrogen) atoms. The quantitative estimate of drug-likeness (QED) is 0.547. The third-order valence-electron chi connectivity index (χ3n) is 4.09. The van der Waals surface area contributed by atoms with Crippen molar-refractivity contribution in [3.8, 4) is 5.75 Å². The lowest BCUT2D eigenvalue weighted by atomic mass is 10.1. The average Bonchev–Trinajstić information content (AvgIpc) is 3.40. The van der Waals surface area contributed by atoms with Crippen molar-refractivity contribution in [3.63, 3.8) is 0 Å². The van der Waals surface area contributed by atoms with E-state index in [1.54, 1.807) is 42.9 Å². The number of hydrogen-bond acceptors (Lipinski definition) is 5. The van der Waals surface area contributed by atoms with Crippen molar-refractivity contribution in [3.05, 3.63) is 76.0 Å². The summed E-state index contributed by atoms with van der Waals surface area (Å²) in [6.07, 6.45) is 3.65. The Hall–Kier alpha value is -2.51. The van der Waals surface area contributed by atoms with Crippen molar-refractivity contribution in [2.24, 2.45) is 5.10 Å². The Labute approximate surface area is 168 Å². The average molecular weight is 450 g/mol. The Balaban J connectivity index is 1.53. The van der Waals surface area contributed by atoms with Gasteiger partial charge in [0.05, 0.1) is 17.0 Å². The summed E-state index contributed by atoms with van der Waals surface area (Å²) in [6.45, 7) is -0.174. The van der Waals surface area contributed by atoms with Crippen LogP contribution in [0.5, 0.6) is 5.75 Å². The number of furan rings is 2. The highest BCUT2D eigenvalue weighted by Crippen LogP contribution is 2.33. The third-order valence-corrected chi connectivity index (χ3v) is 4.94. The lowest BCUT2D eigenvalue weighted by Gasteiger charge is -2.20. The Morgan fingerprint density at radius 2 is 2.07 bits per heavy atom. The Morgan fingerprint density at radius 3 is 2.78 bits per heavy atom. The summed E-state index contributed by atoms with van der Waals surface area (Å²) in [5, 5.41) is 6.41. The molecular weight excluding hydrogens is 436 g/mol. The Morgan fingerprint density at radius 1 is 1.26 bits per heavy atom. The summed E-state index contributed by atoms with van der Waals surface area (Å²) < 4.78 is 17.2. The molecule has 1 aromatic carbocycles. The molecule has 2 aromatic heterocycles. The van der Waals surface area contributed by atoms with Crippen molar-refractivity contribution in [2.75, 3.05) is 6.61 Å². The fraction of sp³-hybridized carbons (Fsp3) is 0.158. The molecule has 1 aliphatic heterocycles. The minimum absolute atomic E-state index is 0.174. The van der Waals surface area contributed by atoms with E-state index in [1.807, 2.05) is 12.1 Å². The smallest absolute Gasteiger partial charge is 0.281 e. The molecule has 1 atom stereocenters. The Bertz CT molecular complexity index is 970. The number of carbonyl (C=O) groups excluding carboxylic acids is 1. The molecule has 0 radical (unpaired) electrons. The van der Waals surface area contributed by atoms with Gasteiger partial charge in [-0.05, 0) is 58.4 Å². The second-order valence-corrected chi connectivity index (χ2v) is 7.15. The first-order valence-electron chi connectivity index (χ1n) is 8.16. The van der Waals surface area contributed by atoms with Crippen LogP contribution in [0.4, 0.5) is 0 Å². The number of hydrazone groups is 1. The maximum atomic E-state index is 12.8. The predicted octanol–water partition coefficient (Wildman–Crippen LogP) is 5.05. The van der Waals surface area contributed by atoms with E-state index in [0.29, 0.717) is 38.9 Å². The van der Waals surface area contributed by atoms with Gasteiger partial charge in [0.2, 0.25) is 0 Å². The molecule has 0 aliphatic carbocycles. The van der Waals surface area contributed by atoms with Crippen LogP contribution in [0.2, 0.25) is 5.02 Å². The van der Waals surface area contributed by atoms with Gasteiger partial charge in [0.1, 0.15) is 29.0 Å². The maximum Gasteiger partial charge on any atom is 0.281 e. The van der Waals surface area contributed by atoms with E-state index in [1.165, 1.54) is 5.01 Å². The lowest BCUT2D eigenvalue weighted by Crippen LogP contribution is -2.31. The topological polar surface area (TPSA) is 68.2 Å². The van der Waals surface area contributed by atoms with Gasteiger partial charge in [-0.25, -0.2) is 5.01 Å². The van der Waals surface area contributed by atoms with Gasteiger partial charge in [0.15, 0.2) is 6.61 Å². The monoisotopic (exact) mass is 448 g/mol. The van der Waals surface area contributed by atoms with E-state index in [4.69, 9.17) is 25.2 Å². The highest BCUT2D eigenvalue weighted by Gasteiger charge is 2.35.